The van der Waals surface area contributed by atoms with Gasteiger partial charge in [0.25, 0.3) is 0 Å². The van der Waals surface area contributed by atoms with E-state index in [0.717, 1.165) is 16.2 Å². The van der Waals surface area contributed by atoms with E-state index in [2.05, 4.69) is 37.2 Å². The van der Waals surface area contributed by atoms with Gasteiger partial charge in [-0.3, -0.25) is 0 Å². The lowest BCUT2D eigenvalue weighted by atomic mass is 10.3. The van der Waals surface area contributed by atoms with Crippen LogP contribution in [-0.2, 0) is 0 Å². The van der Waals surface area contributed by atoms with E-state index in [1.54, 1.807) is 0 Å². The van der Waals surface area contributed by atoms with Crippen molar-refractivity contribution in [1.29, 1.82) is 0 Å². The fraction of sp³-hybridized carbons (Fsp3) is 0.143. The molecule has 0 heterocycles. The number of rotatable bonds is 5. The Labute approximate surface area is 132 Å². The number of para-hydroxylation sites is 1. The first kappa shape index (κ1) is 15.3. The van der Waals surface area contributed by atoms with Crippen LogP contribution in [0.5, 0.6) is 5.75 Å². The number of halogens is 4. The molecule has 0 atom stereocenters. The van der Waals surface area contributed by atoms with Gasteiger partial charge in [-0.25, -0.2) is 4.39 Å². The summed E-state index contributed by atoms with van der Waals surface area (Å²) >= 11 is 6.50. The molecule has 106 valence electrons. The summed E-state index contributed by atoms with van der Waals surface area (Å²) in [5, 5.41) is 3.13. The standard InChI is InChI=1S/C14H11Br2F2NO/c15-9-7-11(17)14(18)13(8-9)20-6-5-19-12-4-2-1-3-10(12)16/h1-4,7-8,19H,5-6H2. The highest BCUT2D eigenvalue weighted by atomic mass is 79.9. The lowest BCUT2D eigenvalue weighted by molar-refractivity contribution is 0.308. The number of hydrogen-bond donors (Lipinski definition) is 1. The molecular formula is C14H11Br2F2NO. The molecular weight excluding hydrogens is 396 g/mol. The van der Waals surface area contributed by atoms with Gasteiger partial charge >= 0.3 is 0 Å². The molecule has 2 nitrogen and oxygen atoms in total. The van der Waals surface area contributed by atoms with E-state index in [4.69, 9.17) is 4.74 Å². The maximum absolute atomic E-state index is 13.4. The summed E-state index contributed by atoms with van der Waals surface area (Å²) in [5.74, 6) is -2.02. The highest BCUT2D eigenvalue weighted by Crippen LogP contribution is 2.25. The van der Waals surface area contributed by atoms with Crippen LogP contribution in [0, 0.1) is 11.6 Å². The Morgan fingerprint density at radius 1 is 1.10 bits per heavy atom. The summed E-state index contributed by atoms with van der Waals surface area (Å²) in [5.41, 5.74) is 0.914. The summed E-state index contributed by atoms with van der Waals surface area (Å²) in [6.07, 6.45) is 0. The molecule has 0 fully saturated rings. The minimum absolute atomic E-state index is 0.106. The van der Waals surface area contributed by atoms with Crippen molar-refractivity contribution in [3.8, 4) is 5.75 Å². The molecule has 0 spiro atoms. The molecule has 2 aromatic rings. The van der Waals surface area contributed by atoms with Crippen LogP contribution in [0.25, 0.3) is 0 Å². The number of anilines is 1. The molecule has 0 aliphatic rings. The second-order valence-corrected chi connectivity index (χ2v) is 5.72. The van der Waals surface area contributed by atoms with E-state index < -0.39 is 11.6 Å². The molecule has 0 amide bonds. The molecule has 0 radical (unpaired) electrons. The molecule has 1 N–H and O–H groups in total. The Balaban J connectivity index is 1.89. The van der Waals surface area contributed by atoms with Crippen LogP contribution in [-0.4, -0.2) is 13.2 Å². The van der Waals surface area contributed by atoms with Crippen molar-refractivity contribution in [2.75, 3.05) is 18.5 Å². The highest BCUT2D eigenvalue weighted by Gasteiger charge is 2.11. The van der Waals surface area contributed by atoms with Crippen molar-refractivity contribution in [3.05, 3.63) is 57.0 Å². The minimum Gasteiger partial charge on any atom is -0.489 e. The fourth-order valence-corrected chi connectivity index (χ4v) is 2.42. The first-order chi connectivity index (χ1) is 9.58. The molecule has 0 unspecified atom stereocenters. The Morgan fingerprint density at radius 2 is 1.85 bits per heavy atom. The smallest absolute Gasteiger partial charge is 0.200 e. The molecule has 0 aromatic heterocycles. The van der Waals surface area contributed by atoms with Crippen LogP contribution in [0.1, 0.15) is 0 Å². The summed E-state index contributed by atoms with van der Waals surface area (Å²) in [7, 11) is 0. The van der Waals surface area contributed by atoms with Gasteiger partial charge in [-0.05, 0) is 40.2 Å². The van der Waals surface area contributed by atoms with Gasteiger partial charge < -0.3 is 10.1 Å². The van der Waals surface area contributed by atoms with Gasteiger partial charge in [0.05, 0.1) is 0 Å². The summed E-state index contributed by atoms with van der Waals surface area (Å²) in [6.45, 7) is 0.685. The predicted octanol–water partition coefficient (Wildman–Crippen LogP) is 4.98. The van der Waals surface area contributed by atoms with Crippen LogP contribution in [0.3, 0.4) is 0 Å². The van der Waals surface area contributed by atoms with Crippen molar-refractivity contribution >= 4 is 37.5 Å². The third-order valence-electron chi connectivity index (χ3n) is 2.51. The zero-order valence-corrected chi connectivity index (χ0v) is 13.5. The molecule has 0 saturated heterocycles. The van der Waals surface area contributed by atoms with Gasteiger partial charge in [-0.15, -0.1) is 0 Å². The first-order valence-electron chi connectivity index (χ1n) is 5.83. The van der Waals surface area contributed by atoms with Crippen molar-refractivity contribution in [1.82, 2.24) is 0 Å². The van der Waals surface area contributed by atoms with Gasteiger partial charge in [0, 0.05) is 21.2 Å². The van der Waals surface area contributed by atoms with E-state index in [1.165, 1.54) is 6.07 Å². The maximum atomic E-state index is 13.4. The summed E-state index contributed by atoms with van der Waals surface area (Å²) in [4.78, 5) is 0. The molecule has 0 aliphatic heterocycles. The average molecular weight is 407 g/mol. The Morgan fingerprint density at radius 3 is 2.60 bits per heavy atom. The third-order valence-corrected chi connectivity index (χ3v) is 3.66. The van der Waals surface area contributed by atoms with E-state index in [9.17, 15) is 8.78 Å². The number of benzene rings is 2. The molecule has 2 aromatic carbocycles. The molecule has 0 bridgehead atoms. The quantitative estimate of drug-likeness (QED) is 0.558. The summed E-state index contributed by atoms with van der Waals surface area (Å²) in [6, 6.07) is 10.1. The Hall–Kier alpha value is -1.14. The van der Waals surface area contributed by atoms with Crippen LogP contribution >= 0.6 is 31.9 Å². The molecule has 2 rings (SSSR count). The fourth-order valence-electron chi connectivity index (χ4n) is 1.59. The Kier molecular flexibility index (Phi) is 5.37. The zero-order chi connectivity index (χ0) is 14.5. The Bertz CT molecular complexity index is 608. The highest BCUT2D eigenvalue weighted by molar-refractivity contribution is 9.10. The van der Waals surface area contributed by atoms with Gasteiger partial charge in [0.1, 0.15) is 6.61 Å². The largest absolute Gasteiger partial charge is 0.489 e. The number of hydrogen-bond acceptors (Lipinski definition) is 2. The van der Waals surface area contributed by atoms with Crippen molar-refractivity contribution in [3.63, 3.8) is 0 Å². The molecule has 0 saturated carbocycles. The van der Waals surface area contributed by atoms with E-state index in [0.29, 0.717) is 11.0 Å². The maximum Gasteiger partial charge on any atom is 0.200 e. The first-order valence-corrected chi connectivity index (χ1v) is 7.42. The third kappa shape index (κ3) is 3.93. The van der Waals surface area contributed by atoms with E-state index in [1.807, 2.05) is 24.3 Å². The van der Waals surface area contributed by atoms with Gasteiger partial charge in [0.15, 0.2) is 11.6 Å². The lowest BCUT2D eigenvalue weighted by Crippen LogP contribution is -2.12. The van der Waals surface area contributed by atoms with Crippen LogP contribution < -0.4 is 10.1 Å². The number of nitrogens with one attached hydrogen (secondary N) is 1. The van der Waals surface area contributed by atoms with Crippen LogP contribution in [0.4, 0.5) is 14.5 Å². The van der Waals surface area contributed by atoms with Gasteiger partial charge in [-0.2, -0.15) is 4.39 Å². The lowest BCUT2D eigenvalue weighted by Gasteiger charge is -2.11. The topological polar surface area (TPSA) is 21.3 Å². The molecule has 6 heteroatoms. The second-order valence-electron chi connectivity index (χ2n) is 3.95. The van der Waals surface area contributed by atoms with Crippen molar-refractivity contribution in [2.45, 2.75) is 0 Å². The monoisotopic (exact) mass is 405 g/mol. The van der Waals surface area contributed by atoms with Gasteiger partial charge in [-0.1, -0.05) is 28.1 Å². The summed E-state index contributed by atoms with van der Waals surface area (Å²) < 4.78 is 33.2. The average Bonchev–Trinajstić information content (AvgIpc) is 2.41. The second kappa shape index (κ2) is 7.04. The van der Waals surface area contributed by atoms with Crippen LogP contribution in [0.2, 0.25) is 0 Å². The normalized spacial score (nSPS) is 10.4. The minimum atomic E-state index is -0.978. The molecule has 0 aliphatic carbocycles. The molecule has 20 heavy (non-hydrogen) atoms. The van der Waals surface area contributed by atoms with E-state index >= 15 is 0 Å². The van der Waals surface area contributed by atoms with Crippen molar-refractivity contribution in [2.24, 2.45) is 0 Å². The van der Waals surface area contributed by atoms with Crippen LogP contribution in [0.15, 0.2) is 45.3 Å². The SMILES string of the molecule is Fc1cc(Br)cc(OCCNc2ccccc2Br)c1F. The number of ether oxygens (including phenoxy) is 1. The van der Waals surface area contributed by atoms with Gasteiger partial charge in [0.2, 0.25) is 5.82 Å². The van der Waals surface area contributed by atoms with E-state index in [-0.39, 0.29) is 12.4 Å². The predicted molar refractivity (Wildman–Crippen MR) is 82.2 cm³/mol. The van der Waals surface area contributed by atoms with Crippen molar-refractivity contribution < 1.29 is 13.5 Å². The zero-order valence-electron chi connectivity index (χ0n) is 10.3.